The van der Waals surface area contributed by atoms with Gasteiger partial charge in [-0.25, -0.2) is 0 Å². The molecule has 1 aliphatic carbocycles. The van der Waals surface area contributed by atoms with Crippen molar-refractivity contribution in [2.45, 2.75) is 6.04 Å². The van der Waals surface area contributed by atoms with Crippen molar-refractivity contribution in [3.8, 4) is 0 Å². The number of allylic oxidation sites excluding steroid dienone is 2. The van der Waals surface area contributed by atoms with Crippen LogP contribution in [0.3, 0.4) is 0 Å². The topological polar surface area (TPSA) is 29.1 Å². The lowest BCUT2D eigenvalue weighted by atomic mass is 9.99. The van der Waals surface area contributed by atoms with E-state index >= 15 is 0 Å². The Hall–Kier alpha value is -1.31. The summed E-state index contributed by atoms with van der Waals surface area (Å²) in [6, 6.07) is 0.101. The van der Waals surface area contributed by atoms with Gasteiger partial charge in [-0.15, -0.1) is 0 Å². The van der Waals surface area contributed by atoms with Crippen LogP contribution in [0.4, 0.5) is 0 Å². The van der Waals surface area contributed by atoms with Gasteiger partial charge in [0.1, 0.15) is 0 Å². The predicted molar refractivity (Wildman–Crippen MR) is 42.8 cm³/mol. The van der Waals surface area contributed by atoms with Crippen molar-refractivity contribution >= 4 is 5.91 Å². The Bertz CT molecular complexity index is 263. The SMILES string of the molecule is O=C1N[C@@H]2C=C/C=C/[C@@H]1C=C2. The third-order valence-corrected chi connectivity index (χ3v) is 1.89. The summed E-state index contributed by atoms with van der Waals surface area (Å²) in [4.78, 5) is 11.2. The van der Waals surface area contributed by atoms with Crippen LogP contribution in [-0.4, -0.2) is 11.9 Å². The van der Waals surface area contributed by atoms with Gasteiger partial charge in [0.2, 0.25) is 5.91 Å². The van der Waals surface area contributed by atoms with Gasteiger partial charge in [-0.2, -0.15) is 0 Å². The van der Waals surface area contributed by atoms with E-state index in [0.717, 1.165) is 0 Å². The number of rotatable bonds is 0. The maximum Gasteiger partial charge on any atom is 0.231 e. The van der Waals surface area contributed by atoms with Crippen LogP contribution >= 0.6 is 0 Å². The lowest BCUT2D eigenvalue weighted by Gasteiger charge is -2.20. The summed E-state index contributed by atoms with van der Waals surface area (Å²) < 4.78 is 0. The van der Waals surface area contributed by atoms with E-state index in [0.29, 0.717) is 0 Å². The van der Waals surface area contributed by atoms with E-state index in [9.17, 15) is 4.79 Å². The molecule has 0 unspecified atom stereocenters. The highest BCUT2D eigenvalue weighted by atomic mass is 16.1. The van der Waals surface area contributed by atoms with E-state index < -0.39 is 0 Å². The van der Waals surface area contributed by atoms with Crippen molar-refractivity contribution in [3.05, 3.63) is 36.5 Å². The van der Waals surface area contributed by atoms with Crippen LogP contribution < -0.4 is 5.32 Å². The first-order valence-corrected chi connectivity index (χ1v) is 3.70. The quantitative estimate of drug-likeness (QED) is 0.504. The number of amides is 1. The van der Waals surface area contributed by atoms with E-state index in [4.69, 9.17) is 0 Å². The molecule has 0 saturated heterocycles. The second kappa shape index (κ2) is 2.38. The molecule has 0 spiro atoms. The summed E-state index contributed by atoms with van der Waals surface area (Å²) in [6.07, 6.45) is 11.7. The Morgan fingerprint density at radius 3 is 2.73 bits per heavy atom. The molecule has 1 amide bonds. The maximum absolute atomic E-state index is 11.2. The van der Waals surface area contributed by atoms with E-state index in [-0.39, 0.29) is 17.9 Å². The highest BCUT2D eigenvalue weighted by Gasteiger charge is 2.19. The number of carbonyl (C=O) groups excluding carboxylic acids is 1. The van der Waals surface area contributed by atoms with Crippen molar-refractivity contribution in [2.75, 3.05) is 0 Å². The Kier molecular flexibility index (Phi) is 1.39. The van der Waals surface area contributed by atoms with Gasteiger partial charge >= 0.3 is 0 Å². The van der Waals surface area contributed by atoms with Crippen molar-refractivity contribution < 1.29 is 4.79 Å². The molecule has 3 rings (SSSR count). The normalized spacial score (nSPS) is 36.2. The number of fused-ring (bicyclic) bond motifs is 2. The highest BCUT2D eigenvalue weighted by molar-refractivity contribution is 5.84. The Labute approximate surface area is 65.3 Å². The molecule has 1 N–H and O–H groups in total. The average molecular weight is 147 g/mol. The minimum Gasteiger partial charge on any atom is -0.346 e. The molecule has 0 aromatic heterocycles. The van der Waals surface area contributed by atoms with Crippen molar-refractivity contribution in [2.24, 2.45) is 5.92 Å². The lowest BCUT2D eigenvalue weighted by Crippen LogP contribution is -2.39. The fourth-order valence-electron chi connectivity index (χ4n) is 1.27. The summed E-state index contributed by atoms with van der Waals surface area (Å²) in [7, 11) is 0. The minimum atomic E-state index is -0.0591. The summed E-state index contributed by atoms with van der Waals surface area (Å²) in [5.41, 5.74) is 0. The molecule has 2 bridgehead atoms. The molecule has 2 heteroatoms. The maximum atomic E-state index is 11.2. The fraction of sp³-hybridized carbons (Fsp3) is 0.222. The average Bonchev–Trinajstić information content (AvgIpc) is 1.92. The van der Waals surface area contributed by atoms with Gasteiger partial charge in [0.15, 0.2) is 0 Å². The molecule has 56 valence electrons. The number of hydrogen-bond acceptors (Lipinski definition) is 1. The summed E-state index contributed by atoms with van der Waals surface area (Å²) in [5, 5.41) is 2.85. The summed E-state index contributed by atoms with van der Waals surface area (Å²) >= 11 is 0. The molecule has 2 atom stereocenters. The Balaban J connectivity index is 2.38. The molecule has 0 aromatic rings. The van der Waals surface area contributed by atoms with Crippen molar-refractivity contribution in [1.82, 2.24) is 5.32 Å². The predicted octanol–water partition coefficient (Wildman–Crippen LogP) is 0.783. The number of carbonyl (C=O) groups is 1. The molecule has 0 radical (unpaired) electrons. The molecule has 0 aromatic carbocycles. The number of nitrogens with one attached hydrogen (secondary N) is 1. The van der Waals surface area contributed by atoms with Crippen molar-refractivity contribution in [3.63, 3.8) is 0 Å². The van der Waals surface area contributed by atoms with Gasteiger partial charge in [0.05, 0.1) is 12.0 Å². The van der Waals surface area contributed by atoms with E-state index in [2.05, 4.69) is 5.32 Å². The van der Waals surface area contributed by atoms with Crippen LogP contribution in [0.1, 0.15) is 0 Å². The Morgan fingerprint density at radius 2 is 1.91 bits per heavy atom. The molecule has 2 nitrogen and oxygen atoms in total. The molecular weight excluding hydrogens is 138 g/mol. The highest BCUT2D eigenvalue weighted by Crippen LogP contribution is 2.12. The van der Waals surface area contributed by atoms with Crippen LogP contribution in [0, 0.1) is 5.92 Å². The first-order chi connectivity index (χ1) is 5.36. The summed E-state index contributed by atoms with van der Waals surface area (Å²) in [6.45, 7) is 0. The van der Waals surface area contributed by atoms with Gasteiger partial charge < -0.3 is 5.32 Å². The van der Waals surface area contributed by atoms with Crippen LogP contribution in [-0.2, 0) is 4.79 Å². The molecule has 2 heterocycles. The standard InChI is InChI=1S/C9H9NO/c11-9-7-3-1-2-4-8(10-9)6-5-7/h1-8H,(H,10,11)/b3-1+,4-2?/t7-,8-/m1/s1. The molecule has 11 heavy (non-hydrogen) atoms. The van der Waals surface area contributed by atoms with Crippen LogP contribution in [0.15, 0.2) is 36.5 Å². The second-order valence-corrected chi connectivity index (χ2v) is 2.71. The van der Waals surface area contributed by atoms with E-state index in [1.165, 1.54) is 0 Å². The first-order valence-electron chi connectivity index (χ1n) is 3.70. The van der Waals surface area contributed by atoms with Gasteiger partial charge in [-0.3, -0.25) is 4.79 Å². The van der Waals surface area contributed by atoms with Crippen LogP contribution in [0.2, 0.25) is 0 Å². The number of hydrogen-bond donors (Lipinski definition) is 1. The first kappa shape index (κ1) is 6.40. The van der Waals surface area contributed by atoms with Gasteiger partial charge in [0, 0.05) is 0 Å². The fourth-order valence-corrected chi connectivity index (χ4v) is 1.27. The zero-order valence-corrected chi connectivity index (χ0v) is 6.03. The minimum absolute atomic E-state index is 0.0591. The van der Waals surface area contributed by atoms with Crippen LogP contribution in [0.5, 0.6) is 0 Å². The van der Waals surface area contributed by atoms with Crippen molar-refractivity contribution in [1.29, 1.82) is 0 Å². The van der Waals surface area contributed by atoms with Crippen LogP contribution in [0.25, 0.3) is 0 Å². The zero-order valence-electron chi connectivity index (χ0n) is 6.03. The lowest BCUT2D eigenvalue weighted by molar-refractivity contribution is -0.123. The van der Waals surface area contributed by atoms with Gasteiger partial charge in [0.25, 0.3) is 0 Å². The van der Waals surface area contributed by atoms with E-state index in [1.54, 1.807) is 0 Å². The third-order valence-electron chi connectivity index (χ3n) is 1.89. The molecule has 2 aliphatic heterocycles. The molecule has 3 aliphatic rings. The molecule has 0 fully saturated rings. The van der Waals surface area contributed by atoms with Gasteiger partial charge in [-0.05, 0) is 0 Å². The molecule has 0 saturated carbocycles. The Morgan fingerprint density at radius 1 is 1.09 bits per heavy atom. The largest absolute Gasteiger partial charge is 0.346 e. The zero-order chi connectivity index (χ0) is 7.68. The van der Waals surface area contributed by atoms with E-state index in [1.807, 2.05) is 36.5 Å². The van der Waals surface area contributed by atoms with Gasteiger partial charge in [-0.1, -0.05) is 36.5 Å². The summed E-state index contributed by atoms with van der Waals surface area (Å²) in [5.74, 6) is 0.0364. The molecular formula is C9H9NO. The smallest absolute Gasteiger partial charge is 0.231 e. The third kappa shape index (κ3) is 1.11. The monoisotopic (exact) mass is 147 g/mol. The second-order valence-electron chi connectivity index (χ2n) is 2.71.